The van der Waals surface area contributed by atoms with E-state index in [0.29, 0.717) is 24.6 Å². The van der Waals surface area contributed by atoms with E-state index in [2.05, 4.69) is 15.5 Å². The Balaban J connectivity index is 1.53. The van der Waals surface area contributed by atoms with Gasteiger partial charge in [0.2, 0.25) is 17.6 Å². The molecule has 1 atom stereocenters. The van der Waals surface area contributed by atoms with Gasteiger partial charge in [-0.2, -0.15) is 4.98 Å². The lowest BCUT2D eigenvalue weighted by Crippen LogP contribution is -2.26. The SMILES string of the molecule is C[C@H](NC(=O)CCc1nc(-c2ccccc2)no1)c1ccccc1. The fraction of sp³-hybridized carbons (Fsp3) is 0.211. The van der Waals surface area contributed by atoms with Crippen LogP contribution < -0.4 is 5.32 Å². The minimum atomic E-state index is -0.0363. The third kappa shape index (κ3) is 4.07. The highest BCUT2D eigenvalue weighted by atomic mass is 16.5. The van der Waals surface area contributed by atoms with E-state index < -0.39 is 0 Å². The average molecular weight is 321 g/mol. The Bertz CT molecular complexity index is 785. The number of rotatable bonds is 6. The zero-order chi connectivity index (χ0) is 16.8. The van der Waals surface area contributed by atoms with Gasteiger partial charge in [0.15, 0.2) is 0 Å². The zero-order valence-corrected chi connectivity index (χ0v) is 13.5. The van der Waals surface area contributed by atoms with Gasteiger partial charge in [-0.15, -0.1) is 0 Å². The van der Waals surface area contributed by atoms with Gasteiger partial charge < -0.3 is 9.84 Å². The quantitative estimate of drug-likeness (QED) is 0.754. The molecule has 0 bridgehead atoms. The molecule has 1 heterocycles. The summed E-state index contributed by atoms with van der Waals surface area (Å²) in [4.78, 5) is 16.4. The molecule has 1 aromatic heterocycles. The van der Waals surface area contributed by atoms with Gasteiger partial charge in [0.25, 0.3) is 0 Å². The van der Waals surface area contributed by atoms with Crippen LogP contribution in [-0.4, -0.2) is 16.0 Å². The van der Waals surface area contributed by atoms with E-state index in [9.17, 15) is 4.79 Å². The van der Waals surface area contributed by atoms with Gasteiger partial charge in [-0.05, 0) is 12.5 Å². The third-order valence-electron chi connectivity index (χ3n) is 3.74. The number of nitrogens with zero attached hydrogens (tertiary/aromatic N) is 2. The van der Waals surface area contributed by atoms with Gasteiger partial charge in [-0.25, -0.2) is 0 Å². The maximum absolute atomic E-state index is 12.1. The van der Waals surface area contributed by atoms with Crippen molar-refractivity contribution in [2.75, 3.05) is 0 Å². The zero-order valence-electron chi connectivity index (χ0n) is 13.5. The van der Waals surface area contributed by atoms with E-state index in [1.807, 2.05) is 67.6 Å². The molecular weight excluding hydrogens is 302 g/mol. The van der Waals surface area contributed by atoms with Crippen molar-refractivity contribution in [2.24, 2.45) is 0 Å². The van der Waals surface area contributed by atoms with E-state index in [4.69, 9.17) is 4.52 Å². The first-order valence-electron chi connectivity index (χ1n) is 7.94. The predicted octanol–water partition coefficient (Wildman–Crippen LogP) is 3.55. The van der Waals surface area contributed by atoms with Crippen LogP contribution in [0.1, 0.15) is 30.8 Å². The average Bonchev–Trinajstić information content (AvgIpc) is 3.10. The first-order valence-corrected chi connectivity index (χ1v) is 7.94. The Morgan fingerprint density at radius 1 is 1.08 bits per heavy atom. The molecule has 0 aliphatic heterocycles. The first-order chi connectivity index (χ1) is 11.7. The maximum Gasteiger partial charge on any atom is 0.227 e. The molecule has 2 aromatic carbocycles. The minimum Gasteiger partial charge on any atom is -0.350 e. The van der Waals surface area contributed by atoms with Gasteiger partial charge >= 0.3 is 0 Å². The Morgan fingerprint density at radius 3 is 2.46 bits per heavy atom. The molecule has 0 radical (unpaired) electrons. The molecule has 0 saturated carbocycles. The topological polar surface area (TPSA) is 68.0 Å². The molecule has 0 unspecified atom stereocenters. The molecule has 1 amide bonds. The summed E-state index contributed by atoms with van der Waals surface area (Å²) in [5, 5.41) is 6.93. The van der Waals surface area contributed by atoms with Crippen LogP contribution >= 0.6 is 0 Å². The van der Waals surface area contributed by atoms with Crippen LogP contribution in [0, 0.1) is 0 Å². The highest BCUT2D eigenvalue weighted by Crippen LogP contribution is 2.16. The number of carbonyl (C=O) groups is 1. The normalized spacial score (nSPS) is 11.9. The van der Waals surface area contributed by atoms with E-state index in [0.717, 1.165) is 11.1 Å². The highest BCUT2D eigenvalue weighted by molar-refractivity contribution is 5.76. The fourth-order valence-electron chi connectivity index (χ4n) is 2.42. The smallest absolute Gasteiger partial charge is 0.227 e. The molecule has 122 valence electrons. The summed E-state index contributed by atoms with van der Waals surface area (Å²) in [6.07, 6.45) is 0.737. The van der Waals surface area contributed by atoms with Crippen molar-refractivity contribution in [3.05, 3.63) is 72.1 Å². The molecule has 0 fully saturated rings. The van der Waals surface area contributed by atoms with E-state index in [1.165, 1.54) is 0 Å². The summed E-state index contributed by atoms with van der Waals surface area (Å²) >= 11 is 0. The summed E-state index contributed by atoms with van der Waals surface area (Å²) in [5.74, 6) is 0.978. The second-order valence-corrected chi connectivity index (χ2v) is 5.58. The Morgan fingerprint density at radius 2 is 1.75 bits per heavy atom. The second kappa shape index (κ2) is 7.55. The number of benzene rings is 2. The molecule has 0 aliphatic rings. The van der Waals surface area contributed by atoms with Crippen molar-refractivity contribution >= 4 is 5.91 Å². The Hall–Kier alpha value is -2.95. The molecule has 3 aromatic rings. The molecule has 1 N–H and O–H groups in total. The minimum absolute atomic E-state index is 0.0266. The van der Waals surface area contributed by atoms with Crippen LogP contribution in [0.2, 0.25) is 0 Å². The van der Waals surface area contributed by atoms with Crippen molar-refractivity contribution in [1.29, 1.82) is 0 Å². The van der Waals surface area contributed by atoms with Gasteiger partial charge in [-0.3, -0.25) is 4.79 Å². The second-order valence-electron chi connectivity index (χ2n) is 5.58. The molecule has 0 spiro atoms. The summed E-state index contributed by atoms with van der Waals surface area (Å²) in [5.41, 5.74) is 1.98. The number of carbonyl (C=O) groups excluding carboxylic acids is 1. The lowest BCUT2D eigenvalue weighted by molar-refractivity contribution is -0.121. The van der Waals surface area contributed by atoms with Gasteiger partial charge in [0.05, 0.1) is 6.04 Å². The van der Waals surface area contributed by atoms with E-state index in [-0.39, 0.29) is 11.9 Å². The highest BCUT2D eigenvalue weighted by Gasteiger charge is 2.12. The molecule has 5 heteroatoms. The molecule has 5 nitrogen and oxygen atoms in total. The van der Waals surface area contributed by atoms with Gasteiger partial charge in [0, 0.05) is 18.4 Å². The molecule has 0 aliphatic carbocycles. The van der Waals surface area contributed by atoms with Gasteiger partial charge in [0.1, 0.15) is 0 Å². The number of aryl methyl sites for hydroxylation is 1. The van der Waals surface area contributed by atoms with E-state index in [1.54, 1.807) is 0 Å². The molecule has 24 heavy (non-hydrogen) atoms. The van der Waals surface area contributed by atoms with Crippen LogP contribution in [0.15, 0.2) is 65.2 Å². The Labute approximate surface area is 140 Å². The Kier molecular flexibility index (Phi) is 5.01. The lowest BCUT2D eigenvalue weighted by Gasteiger charge is -2.13. The van der Waals surface area contributed by atoms with Crippen LogP contribution in [0.3, 0.4) is 0 Å². The largest absolute Gasteiger partial charge is 0.350 e. The van der Waals surface area contributed by atoms with Crippen LogP contribution in [0.4, 0.5) is 0 Å². The van der Waals surface area contributed by atoms with Crippen molar-refractivity contribution in [3.63, 3.8) is 0 Å². The number of aromatic nitrogens is 2. The fourth-order valence-corrected chi connectivity index (χ4v) is 2.42. The number of nitrogens with one attached hydrogen (secondary N) is 1. The number of hydrogen-bond acceptors (Lipinski definition) is 4. The lowest BCUT2D eigenvalue weighted by atomic mass is 10.1. The maximum atomic E-state index is 12.1. The van der Waals surface area contributed by atoms with Crippen molar-refractivity contribution in [1.82, 2.24) is 15.5 Å². The summed E-state index contributed by atoms with van der Waals surface area (Å²) < 4.78 is 5.22. The molecule has 3 rings (SSSR count). The predicted molar refractivity (Wildman–Crippen MR) is 91.1 cm³/mol. The third-order valence-corrected chi connectivity index (χ3v) is 3.74. The van der Waals surface area contributed by atoms with Crippen LogP contribution in [-0.2, 0) is 11.2 Å². The number of hydrogen-bond donors (Lipinski definition) is 1. The summed E-state index contributed by atoms with van der Waals surface area (Å²) in [7, 11) is 0. The van der Waals surface area contributed by atoms with E-state index >= 15 is 0 Å². The number of amides is 1. The van der Waals surface area contributed by atoms with Crippen LogP contribution in [0.5, 0.6) is 0 Å². The van der Waals surface area contributed by atoms with Crippen molar-refractivity contribution in [2.45, 2.75) is 25.8 Å². The molecular formula is C19H19N3O2. The monoisotopic (exact) mass is 321 g/mol. The molecule has 0 saturated heterocycles. The van der Waals surface area contributed by atoms with Gasteiger partial charge in [-0.1, -0.05) is 65.8 Å². The standard InChI is InChI=1S/C19H19N3O2/c1-14(15-8-4-2-5-9-15)20-17(23)12-13-18-21-19(22-24-18)16-10-6-3-7-11-16/h2-11,14H,12-13H2,1H3,(H,20,23)/t14-/m0/s1. The van der Waals surface area contributed by atoms with Crippen molar-refractivity contribution in [3.8, 4) is 11.4 Å². The van der Waals surface area contributed by atoms with Crippen LogP contribution in [0.25, 0.3) is 11.4 Å². The summed E-state index contributed by atoms with van der Waals surface area (Å²) in [6, 6.07) is 19.5. The van der Waals surface area contributed by atoms with Crippen molar-refractivity contribution < 1.29 is 9.32 Å². The first kappa shape index (κ1) is 15.9. The summed E-state index contributed by atoms with van der Waals surface area (Å²) in [6.45, 7) is 1.97.